The number of hydrogen-bond donors (Lipinski definition) is 0. The zero-order valence-corrected chi connectivity index (χ0v) is 11.6. The molecule has 0 aliphatic carbocycles. The van der Waals surface area contributed by atoms with Crippen LogP contribution in [0.15, 0.2) is 41.7 Å². The molecule has 0 saturated heterocycles. The largest absolute Gasteiger partial charge is 0.473 e. The third-order valence-electron chi connectivity index (χ3n) is 2.71. The normalized spacial score (nSPS) is 12.0. The Kier molecular flexibility index (Phi) is 5.16. The van der Waals surface area contributed by atoms with E-state index in [1.807, 2.05) is 0 Å². The van der Waals surface area contributed by atoms with Crippen LogP contribution in [0.2, 0.25) is 0 Å². The molecule has 0 N–H and O–H groups in total. The molecule has 0 aliphatic heterocycles. The Hall–Kier alpha value is -2.08. The molecule has 2 aromatic rings. The highest BCUT2D eigenvalue weighted by Gasteiger charge is 2.07. The standard InChI is InChI=1S/C14H11ClF2N2O2/c15-13(19-20)5-9-1-4-14(18-7-9)21-8-10-2-3-11(16)6-12(10)17/h1-4,6-7,13H,5,8H2. The molecule has 0 aliphatic rings. The molecule has 1 aromatic heterocycles. The Morgan fingerprint density at radius 3 is 2.71 bits per heavy atom. The number of halogens is 3. The predicted molar refractivity (Wildman–Crippen MR) is 74.1 cm³/mol. The summed E-state index contributed by atoms with van der Waals surface area (Å²) in [5.74, 6) is -1.03. The second kappa shape index (κ2) is 7.08. The van der Waals surface area contributed by atoms with Crippen LogP contribution in [0.1, 0.15) is 11.1 Å². The molecule has 4 nitrogen and oxygen atoms in total. The van der Waals surface area contributed by atoms with Crippen LogP contribution in [-0.2, 0) is 13.0 Å². The van der Waals surface area contributed by atoms with Gasteiger partial charge in [0.1, 0.15) is 18.2 Å². The van der Waals surface area contributed by atoms with Gasteiger partial charge < -0.3 is 4.74 Å². The quantitative estimate of drug-likeness (QED) is 0.463. The minimum Gasteiger partial charge on any atom is -0.473 e. The highest BCUT2D eigenvalue weighted by atomic mass is 35.5. The van der Waals surface area contributed by atoms with Gasteiger partial charge in [0.15, 0.2) is 5.50 Å². The van der Waals surface area contributed by atoms with Crippen molar-refractivity contribution in [3.63, 3.8) is 0 Å². The highest BCUT2D eigenvalue weighted by molar-refractivity contribution is 6.20. The summed E-state index contributed by atoms with van der Waals surface area (Å²) in [4.78, 5) is 14.2. The summed E-state index contributed by atoms with van der Waals surface area (Å²) in [6.45, 7) is -0.0630. The molecule has 21 heavy (non-hydrogen) atoms. The van der Waals surface area contributed by atoms with Gasteiger partial charge in [-0.3, -0.25) is 0 Å². The monoisotopic (exact) mass is 312 g/mol. The van der Waals surface area contributed by atoms with Gasteiger partial charge in [-0.05, 0) is 22.9 Å². The Balaban J connectivity index is 1.95. The van der Waals surface area contributed by atoms with E-state index in [-0.39, 0.29) is 24.5 Å². The van der Waals surface area contributed by atoms with Crippen LogP contribution < -0.4 is 4.74 Å². The van der Waals surface area contributed by atoms with Crippen molar-refractivity contribution in [2.45, 2.75) is 18.5 Å². The fourth-order valence-electron chi connectivity index (χ4n) is 1.64. The summed E-state index contributed by atoms with van der Waals surface area (Å²) in [6, 6.07) is 6.52. The predicted octanol–water partition coefficient (Wildman–Crippen LogP) is 3.81. The number of alkyl halides is 1. The molecule has 0 spiro atoms. The lowest BCUT2D eigenvalue weighted by Crippen LogP contribution is -2.02. The van der Waals surface area contributed by atoms with Crippen LogP contribution >= 0.6 is 11.6 Å². The van der Waals surface area contributed by atoms with E-state index >= 15 is 0 Å². The second-order valence-electron chi connectivity index (χ2n) is 4.27. The lowest BCUT2D eigenvalue weighted by Gasteiger charge is -2.07. The van der Waals surface area contributed by atoms with Crippen molar-refractivity contribution in [1.29, 1.82) is 0 Å². The van der Waals surface area contributed by atoms with E-state index in [1.165, 1.54) is 12.3 Å². The number of benzene rings is 1. The Morgan fingerprint density at radius 1 is 1.29 bits per heavy atom. The molecule has 2 rings (SSSR count). The van der Waals surface area contributed by atoms with Gasteiger partial charge in [-0.1, -0.05) is 17.7 Å². The minimum atomic E-state index is -0.841. The summed E-state index contributed by atoms with van der Waals surface area (Å²) in [7, 11) is 0. The number of rotatable bonds is 6. The van der Waals surface area contributed by atoms with Gasteiger partial charge in [0.25, 0.3) is 0 Å². The molecular weight excluding hydrogens is 302 g/mol. The molecule has 110 valence electrons. The molecule has 1 heterocycles. The maximum Gasteiger partial charge on any atom is 0.213 e. The van der Waals surface area contributed by atoms with E-state index in [2.05, 4.69) is 10.2 Å². The molecular formula is C14H11ClF2N2O2. The molecule has 0 amide bonds. The first-order valence-electron chi connectivity index (χ1n) is 6.06. The molecule has 0 radical (unpaired) electrons. The van der Waals surface area contributed by atoms with Gasteiger partial charge in [-0.25, -0.2) is 13.8 Å². The van der Waals surface area contributed by atoms with Crippen LogP contribution in [-0.4, -0.2) is 10.5 Å². The average molecular weight is 313 g/mol. The first-order valence-corrected chi connectivity index (χ1v) is 6.50. The van der Waals surface area contributed by atoms with Crippen LogP contribution in [0.4, 0.5) is 8.78 Å². The minimum absolute atomic E-state index is 0.0630. The number of nitroso groups, excluding NO2 is 1. The molecule has 7 heteroatoms. The molecule has 1 atom stereocenters. The van der Waals surface area contributed by atoms with Crippen LogP contribution in [0, 0.1) is 16.5 Å². The number of ether oxygens (including phenoxy) is 1. The SMILES string of the molecule is O=NC(Cl)Cc1ccc(OCc2ccc(F)cc2F)nc1. The lowest BCUT2D eigenvalue weighted by molar-refractivity contribution is 0.287. The molecule has 0 fully saturated rings. The van der Waals surface area contributed by atoms with Gasteiger partial charge in [-0.2, -0.15) is 0 Å². The van der Waals surface area contributed by atoms with Crippen molar-refractivity contribution < 1.29 is 13.5 Å². The number of hydrogen-bond acceptors (Lipinski definition) is 4. The number of pyridine rings is 1. The zero-order chi connectivity index (χ0) is 15.2. The third-order valence-corrected chi connectivity index (χ3v) is 2.94. The molecule has 0 saturated carbocycles. The van der Waals surface area contributed by atoms with Gasteiger partial charge in [0, 0.05) is 30.3 Å². The third kappa shape index (κ3) is 4.46. The molecule has 0 bridgehead atoms. The summed E-state index contributed by atoms with van der Waals surface area (Å²) in [5, 5.41) is 2.68. The van der Waals surface area contributed by atoms with Gasteiger partial charge >= 0.3 is 0 Å². The van der Waals surface area contributed by atoms with Crippen molar-refractivity contribution in [1.82, 2.24) is 4.98 Å². The van der Waals surface area contributed by atoms with E-state index in [0.29, 0.717) is 0 Å². The Labute approximate surface area is 124 Å². The Morgan fingerprint density at radius 2 is 2.10 bits per heavy atom. The van der Waals surface area contributed by atoms with E-state index < -0.39 is 17.1 Å². The lowest BCUT2D eigenvalue weighted by atomic mass is 10.2. The molecule has 1 unspecified atom stereocenters. The van der Waals surface area contributed by atoms with Crippen molar-refractivity contribution in [2.24, 2.45) is 5.18 Å². The summed E-state index contributed by atoms with van der Waals surface area (Å²) < 4.78 is 31.5. The van der Waals surface area contributed by atoms with Gasteiger partial charge in [0.2, 0.25) is 5.88 Å². The van der Waals surface area contributed by atoms with Crippen molar-refractivity contribution >= 4 is 11.6 Å². The molecule has 1 aromatic carbocycles. The van der Waals surface area contributed by atoms with E-state index in [1.54, 1.807) is 12.1 Å². The average Bonchev–Trinajstić information content (AvgIpc) is 2.48. The topological polar surface area (TPSA) is 51.5 Å². The number of aromatic nitrogens is 1. The fraction of sp³-hybridized carbons (Fsp3) is 0.214. The van der Waals surface area contributed by atoms with Crippen LogP contribution in [0.3, 0.4) is 0 Å². The summed E-state index contributed by atoms with van der Waals surface area (Å²) >= 11 is 5.60. The van der Waals surface area contributed by atoms with E-state index in [4.69, 9.17) is 16.3 Å². The smallest absolute Gasteiger partial charge is 0.213 e. The zero-order valence-electron chi connectivity index (χ0n) is 10.8. The van der Waals surface area contributed by atoms with Crippen LogP contribution in [0.5, 0.6) is 5.88 Å². The first kappa shape index (κ1) is 15.3. The van der Waals surface area contributed by atoms with Crippen LogP contribution in [0.25, 0.3) is 0 Å². The second-order valence-corrected chi connectivity index (χ2v) is 4.78. The van der Waals surface area contributed by atoms with E-state index in [0.717, 1.165) is 17.7 Å². The van der Waals surface area contributed by atoms with Gasteiger partial charge in [0.05, 0.1) is 0 Å². The van der Waals surface area contributed by atoms with Gasteiger partial charge in [-0.15, -0.1) is 4.91 Å². The van der Waals surface area contributed by atoms with E-state index in [9.17, 15) is 13.7 Å². The maximum absolute atomic E-state index is 13.4. The fourth-order valence-corrected chi connectivity index (χ4v) is 1.82. The van der Waals surface area contributed by atoms with Crippen molar-refractivity contribution in [3.05, 3.63) is 64.2 Å². The summed E-state index contributed by atoms with van der Waals surface area (Å²) in [5.41, 5.74) is 0.120. The highest BCUT2D eigenvalue weighted by Crippen LogP contribution is 2.15. The summed E-state index contributed by atoms with van der Waals surface area (Å²) in [6.07, 6.45) is 1.77. The maximum atomic E-state index is 13.4. The first-order chi connectivity index (χ1) is 10.1. The number of nitrogens with zero attached hydrogens (tertiary/aromatic N) is 2. The Bertz CT molecular complexity index is 623. The van der Waals surface area contributed by atoms with Crippen molar-refractivity contribution in [3.8, 4) is 5.88 Å². The van der Waals surface area contributed by atoms with Crippen molar-refractivity contribution in [2.75, 3.05) is 0 Å².